The minimum Gasteiger partial charge on any atom is -0.459 e. The van der Waals surface area contributed by atoms with Crippen LogP contribution in [0.4, 0.5) is 11.4 Å². The van der Waals surface area contributed by atoms with Gasteiger partial charge in [-0.05, 0) is 37.2 Å². The van der Waals surface area contributed by atoms with E-state index in [-0.39, 0.29) is 17.6 Å². The van der Waals surface area contributed by atoms with Crippen molar-refractivity contribution in [1.29, 1.82) is 0 Å². The molecule has 1 aliphatic rings. The second-order valence-electron chi connectivity index (χ2n) is 6.82. The second kappa shape index (κ2) is 9.94. The van der Waals surface area contributed by atoms with Gasteiger partial charge in [0.15, 0.2) is 5.76 Å². The van der Waals surface area contributed by atoms with E-state index in [1.165, 1.54) is 6.26 Å². The summed E-state index contributed by atoms with van der Waals surface area (Å²) in [4.78, 5) is 28.9. The molecule has 2 heterocycles. The third kappa shape index (κ3) is 5.36. The van der Waals surface area contributed by atoms with Gasteiger partial charge in [0.2, 0.25) is 5.91 Å². The predicted octanol–water partition coefficient (Wildman–Crippen LogP) is 2.57. The maximum absolute atomic E-state index is 12.4. The topological polar surface area (TPSA) is 77.8 Å². The standard InChI is InChI=1S/C21H28N4O3/c1-2-24-12-14-25(15-13-24)18-8-4-3-7-17(18)23-20(26)10-5-11-22-21(27)19-9-6-16-28-19/h3-4,6-9,16H,2,5,10-15H2,1H3,(H,22,27)(H,23,26). The third-order valence-electron chi connectivity index (χ3n) is 4.95. The van der Waals surface area contributed by atoms with Gasteiger partial charge in [0, 0.05) is 39.1 Å². The van der Waals surface area contributed by atoms with Gasteiger partial charge in [0.25, 0.3) is 5.91 Å². The summed E-state index contributed by atoms with van der Waals surface area (Å²) in [7, 11) is 0. The van der Waals surface area contributed by atoms with Gasteiger partial charge in [-0.2, -0.15) is 0 Å². The number of benzene rings is 1. The summed E-state index contributed by atoms with van der Waals surface area (Å²) in [6.45, 7) is 7.67. The quantitative estimate of drug-likeness (QED) is 0.684. The van der Waals surface area contributed by atoms with Crippen LogP contribution in [0.25, 0.3) is 0 Å². The van der Waals surface area contributed by atoms with Gasteiger partial charge in [-0.25, -0.2) is 0 Å². The van der Waals surface area contributed by atoms with Gasteiger partial charge in [0.05, 0.1) is 17.6 Å². The summed E-state index contributed by atoms with van der Waals surface area (Å²) in [6.07, 6.45) is 2.37. The number of likely N-dealkylation sites (N-methyl/N-ethyl adjacent to an activating group) is 1. The molecule has 150 valence electrons. The second-order valence-corrected chi connectivity index (χ2v) is 6.82. The molecule has 0 unspecified atom stereocenters. The molecule has 0 atom stereocenters. The van der Waals surface area contributed by atoms with E-state index in [0.717, 1.165) is 44.1 Å². The van der Waals surface area contributed by atoms with Crippen LogP contribution in [0.15, 0.2) is 47.1 Å². The Hall–Kier alpha value is -2.80. The van der Waals surface area contributed by atoms with Crippen molar-refractivity contribution < 1.29 is 14.0 Å². The van der Waals surface area contributed by atoms with Crippen LogP contribution >= 0.6 is 0 Å². The van der Waals surface area contributed by atoms with Crippen LogP contribution in [0, 0.1) is 0 Å². The van der Waals surface area contributed by atoms with Gasteiger partial charge in [-0.1, -0.05) is 19.1 Å². The molecule has 2 aromatic rings. The number of hydrogen-bond acceptors (Lipinski definition) is 5. The van der Waals surface area contributed by atoms with Crippen LogP contribution in [-0.4, -0.2) is 56.0 Å². The highest BCUT2D eigenvalue weighted by Gasteiger charge is 2.18. The first-order valence-electron chi connectivity index (χ1n) is 9.85. The number of rotatable bonds is 8. The first-order valence-corrected chi connectivity index (χ1v) is 9.85. The molecule has 2 N–H and O–H groups in total. The van der Waals surface area contributed by atoms with Gasteiger partial charge in [-0.3, -0.25) is 9.59 Å². The Morgan fingerprint density at radius 3 is 2.57 bits per heavy atom. The van der Waals surface area contributed by atoms with Crippen LogP contribution in [0.5, 0.6) is 0 Å². The van der Waals surface area contributed by atoms with Crippen molar-refractivity contribution in [3.05, 3.63) is 48.4 Å². The van der Waals surface area contributed by atoms with Crippen LogP contribution in [-0.2, 0) is 4.79 Å². The molecule has 28 heavy (non-hydrogen) atoms. The van der Waals surface area contributed by atoms with Crippen LogP contribution in [0.1, 0.15) is 30.3 Å². The largest absolute Gasteiger partial charge is 0.459 e. The maximum Gasteiger partial charge on any atom is 0.286 e. The van der Waals surface area contributed by atoms with Crippen molar-refractivity contribution in [1.82, 2.24) is 10.2 Å². The number of piperazine rings is 1. The van der Waals surface area contributed by atoms with E-state index in [1.54, 1.807) is 12.1 Å². The Balaban J connectivity index is 1.46. The summed E-state index contributed by atoms with van der Waals surface area (Å²) < 4.78 is 5.04. The predicted molar refractivity (Wildman–Crippen MR) is 110 cm³/mol. The minimum atomic E-state index is -0.262. The highest BCUT2D eigenvalue weighted by molar-refractivity contribution is 5.94. The molecule has 7 nitrogen and oxygen atoms in total. The molecule has 1 aliphatic heterocycles. The number of amides is 2. The molecular weight excluding hydrogens is 356 g/mol. The Morgan fingerprint density at radius 2 is 1.86 bits per heavy atom. The average molecular weight is 384 g/mol. The van der Waals surface area contributed by atoms with Gasteiger partial charge in [-0.15, -0.1) is 0 Å². The summed E-state index contributed by atoms with van der Waals surface area (Å²) >= 11 is 0. The van der Waals surface area contributed by atoms with E-state index in [1.807, 2.05) is 18.2 Å². The highest BCUT2D eigenvalue weighted by atomic mass is 16.3. The molecule has 1 aromatic carbocycles. The number of para-hydroxylation sites is 2. The third-order valence-corrected chi connectivity index (χ3v) is 4.95. The molecule has 2 amide bonds. The first kappa shape index (κ1) is 19.9. The van der Waals surface area contributed by atoms with E-state index in [0.29, 0.717) is 19.4 Å². The van der Waals surface area contributed by atoms with E-state index >= 15 is 0 Å². The van der Waals surface area contributed by atoms with Gasteiger partial charge >= 0.3 is 0 Å². The van der Waals surface area contributed by atoms with Crippen molar-refractivity contribution >= 4 is 23.2 Å². The minimum absolute atomic E-state index is 0.0492. The van der Waals surface area contributed by atoms with E-state index in [4.69, 9.17) is 4.42 Å². The fourth-order valence-electron chi connectivity index (χ4n) is 3.32. The van der Waals surface area contributed by atoms with Crippen LogP contribution in [0.2, 0.25) is 0 Å². The highest BCUT2D eigenvalue weighted by Crippen LogP contribution is 2.26. The fourth-order valence-corrected chi connectivity index (χ4v) is 3.32. The number of nitrogens with zero attached hydrogens (tertiary/aromatic N) is 2. The number of carbonyl (C=O) groups is 2. The normalized spacial score (nSPS) is 14.7. The smallest absolute Gasteiger partial charge is 0.286 e. The van der Waals surface area contributed by atoms with Crippen molar-refractivity contribution in [3.63, 3.8) is 0 Å². The van der Waals surface area contributed by atoms with E-state index in [9.17, 15) is 9.59 Å². The molecule has 3 rings (SSSR count). The van der Waals surface area contributed by atoms with Crippen molar-refractivity contribution in [2.75, 3.05) is 49.5 Å². The monoisotopic (exact) mass is 384 g/mol. The van der Waals surface area contributed by atoms with E-state index in [2.05, 4.69) is 33.4 Å². The number of carbonyl (C=O) groups excluding carboxylic acids is 2. The summed E-state index contributed by atoms with van der Waals surface area (Å²) in [5, 5.41) is 5.77. The fraction of sp³-hybridized carbons (Fsp3) is 0.429. The van der Waals surface area contributed by atoms with Crippen LogP contribution in [0.3, 0.4) is 0 Å². The lowest BCUT2D eigenvalue weighted by Crippen LogP contribution is -2.46. The molecule has 1 aromatic heterocycles. The Labute approximate surface area is 165 Å². The zero-order valence-corrected chi connectivity index (χ0v) is 16.3. The molecule has 0 radical (unpaired) electrons. The Bertz CT molecular complexity index is 768. The van der Waals surface area contributed by atoms with Crippen molar-refractivity contribution in [2.45, 2.75) is 19.8 Å². The molecule has 0 saturated carbocycles. The van der Waals surface area contributed by atoms with Crippen molar-refractivity contribution in [3.8, 4) is 0 Å². The first-order chi connectivity index (χ1) is 13.7. The molecule has 1 fully saturated rings. The summed E-state index contributed by atoms with van der Waals surface area (Å²) in [5.41, 5.74) is 1.91. The molecule has 0 spiro atoms. The lowest BCUT2D eigenvalue weighted by molar-refractivity contribution is -0.116. The number of hydrogen-bond donors (Lipinski definition) is 2. The lowest BCUT2D eigenvalue weighted by Gasteiger charge is -2.36. The molecule has 0 bridgehead atoms. The molecular formula is C21H28N4O3. The van der Waals surface area contributed by atoms with Crippen LogP contribution < -0.4 is 15.5 Å². The molecule has 1 saturated heterocycles. The molecule has 0 aliphatic carbocycles. The maximum atomic E-state index is 12.4. The number of nitrogens with one attached hydrogen (secondary N) is 2. The number of anilines is 2. The lowest BCUT2D eigenvalue weighted by atomic mass is 10.2. The number of furan rings is 1. The molecule has 7 heteroatoms. The van der Waals surface area contributed by atoms with Gasteiger partial charge < -0.3 is 24.9 Å². The van der Waals surface area contributed by atoms with E-state index < -0.39 is 0 Å². The summed E-state index contributed by atoms with van der Waals surface area (Å²) in [5.74, 6) is -0.0320. The Kier molecular flexibility index (Phi) is 7.08. The zero-order chi connectivity index (χ0) is 19.8. The zero-order valence-electron chi connectivity index (χ0n) is 16.3. The van der Waals surface area contributed by atoms with Gasteiger partial charge in [0.1, 0.15) is 0 Å². The average Bonchev–Trinajstić information content (AvgIpc) is 3.27. The summed E-state index contributed by atoms with van der Waals surface area (Å²) in [6, 6.07) is 11.2. The Morgan fingerprint density at radius 1 is 1.07 bits per heavy atom. The van der Waals surface area contributed by atoms with Crippen molar-refractivity contribution in [2.24, 2.45) is 0 Å². The SMILES string of the molecule is CCN1CCN(c2ccccc2NC(=O)CCCNC(=O)c2ccco2)CC1.